The highest BCUT2D eigenvalue weighted by Crippen LogP contribution is 2.34. The van der Waals surface area contributed by atoms with Crippen molar-refractivity contribution in [1.82, 2.24) is 0 Å². The predicted molar refractivity (Wildman–Crippen MR) is 42.9 cm³/mol. The molecule has 0 unspecified atom stereocenters. The molecule has 1 heterocycles. The van der Waals surface area contributed by atoms with Crippen LogP contribution in [0.1, 0.15) is 6.92 Å². The smallest absolute Gasteiger partial charge is 0.00930 e. The van der Waals surface area contributed by atoms with Crippen molar-refractivity contribution in [3.8, 4) is 0 Å². The van der Waals surface area contributed by atoms with Gasteiger partial charge in [-0.3, -0.25) is 0 Å². The largest absolute Gasteiger partial charge is 0.0678 e. The molecule has 0 fully saturated rings. The van der Waals surface area contributed by atoms with Crippen molar-refractivity contribution in [2.24, 2.45) is 0 Å². The quantitative estimate of drug-likeness (QED) is 0.446. The Morgan fingerprint density at radius 3 is 3.00 bits per heavy atom. The van der Waals surface area contributed by atoms with E-state index in [0.717, 1.165) is 0 Å². The summed E-state index contributed by atoms with van der Waals surface area (Å²) < 4.78 is 0. The minimum absolute atomic E-state index is 1.36. The predicted octanol–water partition coefficient (Wildman–Crippen LogP) is 2.52. The van der Waals surface area contributed by atoms with Gasteiger partial charge in [0.1, 0.15) is 0 Å². The summed E-state index contributed by atoms with van der Waals surface area (Å²) >= 11 is 0. The van der Waals surface area contributed by atoms with Crippen LogP contribution in [0.4, 0.5) is 0 Å². The van der Waals surface area contributed by atoms with Crippen LogP contribution in [-0.4, -0.2) is 5.80 Å². The molecule has 0 amide bonds. The molecule has 0 radical (unpaired) electrons. The number of fused-ring (bicyclic) bond motifs is 1. The highest BCUT2D eigenvalue weighted by atomic mass is 31.1. The van der Waals surface area contributed by atoms with Crippen LogP contribution in [0.15, 0.2) is 34.7 Å². The number of allylic oxidation sites excluding steroid dienone is 6. The average molecular weight is 134 g/mol. The highest BCUT2D eigenvalue weighted by molar-refractivity contribution is 7.45. The van der Waals surface area contributed by atoms with E-state index in [1.807, 2.05) is 0 Å². The van der Waals surface area contributed by atoms with E-state index in [2.05, 4.69) is 30.9 Å². The molecule has 0 saturated heterocycles. The zero-order valence-electron chi connectivity index (χ0n) is 5.26. The molecule has 44 valence electrons. The molecule has 0 spiro atoms. The van der Waals surface area contributed by atoms with Gasteiger partial charge in [-0.1, -0.05) is 14.3 Å². The zero-order chi connectivity index (χ0) is 6.27. The lowest BCUT2D eigenvalue weighted by atomic mass is 10.3. The van der Waals surface area contributed by atoms with Crippen LogP contribution in [-0.2, 0) is 0 Å². The maximum absolute atomic E-state index is 2.25. The first kappa shape index (κ1) is 5.20. The van der Waals surface area contributed by atoms with Crippen LogP contribution in [0, 0.1) is 0 Å². The summed E-state index contributed by atoms with van der Waals surface area (Å²) in [7, 11) is 1.36. The number of hydrogen-bond acceptors (Lipinski definition) is 0. The van der Waals surface area contributed by atoms with Gasteiger partial charge in [-0.05, 0) is 36.0 Å². The van der Waals surface area contributed by atoms with Gasteiger partial charge in [0.05, 0.1) is 0 Å². The van der Waals surface area contributed by atoms with E-state index in [0.29, 0.717) is 0 Å². The van der Waals surface area contributed by atoms with Gasteiger partial charge in [0, 0.05) is 5.31 Å². The zero-order valence-corrected chi connectivity index (χ0v) is 6.15. The third-order valence-corrected chi connectivity index (χ3v) is 2.47. The van der Waals surface area contributed by atoms with E-state index in [9.17, 15) is 0 Å². The molecular formula is C8H7P. The molecule has 1 heteroatoms. The molecule has 2 aliphatic rings. The Morgan fingerprint density at radius 1 is 1.33 bits per heavy atom. The number of hydrogen-bond donors (Lipinski definition) is 0. The Balaban J connectivity index is 2.53. The first-order valence-electron chi connectivity index (χ1n) is 3.01. The topological polar surface area (TPSA) is 0 Å². The molecule has 9 heavy (non-hydrogen) atoms. The summed E-state index contributed by atoms with van der Waals surface area (Å²) in [4.78, 5) is 0. The lowest BCUT2D eigenvalue weighted by Gasteiger charge is -1.84. The van der Waals surface area contributed by atoms with Crippen molar-refractivity contribution in [3.63, 3.8) is 0 Å². The van der Waals surface area contributed by atoms with Gasteiger partial charge >= 0.3 is 0 Å². The van der Waals surface area contributed by atoms with Gasteiger partial charge in [0.25, 0.3) is 0 Å². The highest BCUT2D eigenvalue weighted by Gasteiger charge is 2.09. The van der Waals surface area contributed by atoms with Crippen molar-refractivity contribution in [2.75, 3.05) is 0 Å². The van der Waals surface area contributed by atoms with Crippen LogP contribution in [0.25, 0.3) is 0 Å². The van der Waals surface area contributed by atoms with E-state index >= 15 is 0 Å². The van der Waals surface area contributed by atoms with Gasteiger partial charge in [-0.2, -0.15) is 0 Å². The standard InChI is InChI=1S/C8H7P/c1-6-4-7-2-3-9-8(7)5-6/h2-5H,1H3. The average Bonchev–Trinajstić information content (AvgIpc) is 2.22. The third kappa shape index (κ3) is 0.710. The lowest BCUT2D eigenvalue weighted by Crippen LogP contribution is -1.64. The SMILES string of the molecule is CC1=CC2=CC=PC2=C1. The van der Waals surface area contributed by atoms with E-state index in [4.69, 9.17) is 0 Å². The van der Waals surface area contributed by atoms with Crippen LogP contribution >= 0.6 is 8.20 Å². The van der Waals surface area contributed by atoms with Crippen molar-refractivity contribution in [2.45, 2.75) is 6.92 Å². The van der Waals surface area contributed by atoms with Crippen molar-refractivity contribution < 1.29 is 0 Å². The summed E-state index contributed by atoms with van der Waals surface area (Å²) in [5.41, 5.74) is 2.80. The molecule has 0 aromatic heterocycles. The molecule has 0 N–H and O–H groups in total. The Bertz CT molecular complexity index is 264. The molecule has 0 atom stereocenters. The van der Waals surface area contributed by atoms with E-state index < -0.39 is 0 Å². The minimum atomic E-state index is 1.36. The lowest BCUT2D eigenvalue weighted by molar-refractivity contribution is 1.56. The summed E-state index contributed by atoms with van der Waals surface area (Å²) in [6, 6.07) is 0. The van der Waals surface area contributed by atoms with Gasteiger partial charge in [0.2, 0.25) is 0 Å². The van der Waals surface area contributed by atoms with E-state index in [1.165, 1.54) is 24.7 Å². The third-order valence-electron chi connectivity index (χ3n) is 1.51. The minimum Gasteiger partial charge on any atom is -0.0678 e. The van der Waals surface area contributed by atoms with Crippen LogP contribution < -0.4 is 0 Å². The summed E-state index contributed by atoms with van der Waals surface area (Å²) in [6.45, 7) is 2.14. The second-order valence-electron chi connectivity index (χ2n) is 2.32. The molecule has 0 nitrogen and oxygen atoms in total. The van der Waals surface area contributed by atoms with Gasteiger partial charge in [-0.25, -0.2) is 0 Å². The summed E-state index contributed by atoms with van der Waals surface area (Å²) in [5, 5.41) is 1.47. The molecule has 0 aromatic carbocycles. The Morgan fingerprint density at radius 2 is 2.22 bits per heavy atom. The first-order chi connectivity index (χ1) is 4.36. The molecule has 0 aromatic rings. The van der Waals surface area contributed by atoms with Crippen LogP contribution in [0.5, 0.6) is 0 Å². The summed E-state index contributed by atoms with van der Waals surface area (Å²) in [6.07, 6.45) is 6.66. The monoisotopic (exact) mass is 134 g/mol. The normalized spacial score (nSPS) is 23.0. The van der Waals surface area contributed by atoms with Crippen molar-refractivity contribution >= 4 is 14.0 Å². The van der Waals surface area contributed by atoms with E-state index in [-0.39, 0.29) is 0 Å². The Kier molecular flexibility index (Phi) is 0.972. The Hall–Kier alpha value is -0.610. The molecule has 1 aliphatic heterocycles. The molecule has 0 bridgehead atoms. The Labute approximate surface area is 56.4 Å². The molecule has 2 rings (SSSR count). The summed E-state index contributed by atoms with van der Waals surface area (Å²) in [5.74, 6) is 2.18. The fraction of sp³-hybridized carbons (Fsp3) is 0.125. The molecular weight excluding hydrogens is 127 g/mol. The van der Waals surface area contributed by atoms with Crippen molar-refractivity contribution in [1.29, 1.82) is 0 Å². The van der Waals surface area contributed by atoms with Crippen molar-refractivity contribution in [3.05, 3.63) is 34.7 Å². The number of rotatable bonds is 0. The van der Waals surface area contributed by atoms with Gasteiger partial charge in [-0.15, -0.1) is 0 Å². The fourth-order valence-corrected chi connectivity index (χ4v) is 2.07. The van der Waals surface area contributed by atoms with Crippen LogP contribution in [0.2, 0.25) is 0 Å². The van der Waals surface area contributed by atoms with Crippen LogP contribution in [0.3, 0.4) is 0 Å². The fourth-order valence-electron chi connectivity index (χ4n) is 1.10. The second kappa shape index (κ2) is 1.68. The second-order valence-corrected chi connectivity index (χ2v) is 3.36. The van der Waals surface area contributed by atoms with E-state index in [1.54, 1.807) is 0 Å². The van der Waals surface area contributed by atoms with Gasteiger partial charge < -0.3 is 0 Å². The molecule has 1 aliphatic carbocycles. The first-order valence-corrected chi connectivity index (χ1v) is 3.97. The van der Waals surface area contributed by atoms with Gasteiger partial charge in [0.15, 0.2) is 0 Å². The maximum Gasteiger partial charge on any atom is 0.00930 e. The maximum atomic E-state index is 2.25. The molecule has 0 saturated carbocycles.